The van der Waals surface area contributed by atoms with Crippen molar-refractivity contribution in [3.05, 3.63) is 34.9 Å². The van der Waals surface area contributed by atoms with Crippen molar-refractivity contribution in [2.45, 2.75) is 6.04 Å². The second kappa shape index (κ2) is 4.23. The molecule has 1 atom stereocenters. The molecule has 0 radical (unpaired) electrons. The van der Waals surface area contributed by atoms with Gasteiger partial charge in [-0.15, -0.1) is 0 Å². The molecule has 0 aromatic heterocycles. The van der Waals surface area contributed by atoms with Crippen LogP contribution in [0.4, 0.5) is 8.78 Å². The number of carboxylic acid groups (broad SMARTS) is 2. The van der Waals surface area contributed by atoms with Crippen LogP contribution in [0.25, 0.3) is 0 Å². The van der Waals surface area contributed by atoms with Gasteiger partial charge in [0, 0.05) is 5.56 Å². The number of carbonyl (C=O) groups is 2. The van der Waals surface area contributed by atoms with Crippen LogP contribution in [0.5, 0.6) is 0 Å². The van der Waals surface area contributed by atoms with Crippen molar-refractivity contribution in [2.24, 2.45) is 5.73 Å². The lowest BCUT2D eigenvalue weighted by molar-refractivity contribution is -0.138. The lowest BCUT2D eigenvalue weighted by Gasteiger charge is -2.09. The Balaban J connectivity index is 3.31. The van der Waals surface area contributed by atoms with Gasteiger partial charge in [0.2, 0.25) is 0 Å². The van der Waals surface area contributed by atoms with Crippen molar-refractivity contribution in [1.29, 1.82) is 0 Å². The molecule has 0 bridgehead atoms. The summed E-state index contributed by atoms with van der Waals surface area (Å²) in [7, 11) is 0. The Labute approximate surface area is 88.1 Å². The predicted molar refractivity (Wildman–Crippen MR) is 47.9 cm³/mol. The highest BCUT2D eigenvalue weighted by atomic mass is 19.1. The molecule has 86 valence electrons. The summed E-state index contributed by atoms with van der Waals surface area (Å²) in [6, 6.07) is -0.870. The average molecular weight is 231 g/mol. The third-order valence-electron chi connectivity index (χ3n) is 1.92. The standard InChI is InChI=1S/C9H7F2NO4/c10-5-2-4(8(13)14)6(11)1-3(5)7(12)9(15)16/h1-2,7H,12H2,(H,13,14)(H,15,16). The number of hydrogen-bond acceptors (Lipinski definition) is 3. The van der Waals surface area contributed by atoms with Gasteiger partial charge in [-0.2, -0.15) is 0 Å². The van der Waals surface area contributed by atoms with Gasteiger partial charge < -0.3 is 15.9 Å². The highest BCUT2D eigenvalue weighted by Gasteiger charge is 2.22. The van der Waals surface area contributed by atoms with Crippen LogP contribution in [0, 0.1) is 11.6 Å². The number of carboxylic acids is 2. The van der Waals surface area contributed by atoms with E-state index < -0.39 is 40.7 Å². The molecule has 1 aromatic rings. The molecular formula is C9H7F2NO4. The molecule has 0 heterocycles. The average Bonchev–Trinajstić information content (AvgIpc) is 2.19. The van der Waals surface area contributed by atoms with E-state index >= 15 is 0 Å². The van der Waals surface area contributed by atoms with Crippen LogP contribution in [-0.2, 0) is 4.79 Å². The molecule has 0 aliphatic carbocycles. The third kappa shape index (κ3) is 2.14. The smallest absolute Gasteiger partial charge is 0.338 e. The predicted octanol–water partition coefficient (Wildman–Crippen LogP) is 0.747. The van der Waals surface area contributed by atoms with E-state index in [4.69, 9.17) is 15.9 Å². The summed E-state index contributed by atoms with van der Waals surface area (Å²) in [5.74, 6) is -5.59. The molecule has 4 N–H and O–H groups in total. The first-order valence-corrected chi connectivity index (χ1v) is 4.05. The number of aliphatic carboxylic acids is 1. The van der Waals surface area contributed by atoms with E-state index in [1.54, 1.807) is 0 Å². The summed E-state index contributed by atoms with van der Waals surface area (Å²) in [5.41, 5.74) is 3.60. The minimum atomic E-state index is -1.74. The van der Waals surface area contributed by atoms with E-state index in [2.05, 4.69) is 0 Å². The minimum Gasteiger partial charge on any atom is -0.480 e. The van der Waals surface area contributed by atoms with E-state index in [-0.39, 0.29) is 0 Å². The number of aromatic carboxylic acids is 1. The van der Waals surface area contributed by atoms with Gasteiger partial charge in [0.05, 0.1) is 5.56 Å². The Kier molecular flexibility index (Phi) is 3.19. The molecule has 0 saturated heterocycles. The van der Waals surface area contributed by atoms with Crippen molar-refractivity contribution in [3.8, 4) is 0 Å². The number of hydrogen-bond donors (Lipinski definition) is 3. The van der Waals surface area contributed by atoms with Crippen molar-refractivity contribution >= 4 is 11.9 Å². The Morgan fingerprint density at radius 1 is 1.19 bits per heavy atom. The van der Waals surface area contributed by atoms with Crippen LogP contribution in [0.15, 0.2) is 12.1 Å². The molecule has 1 rings (SSSR count). The summed E-state index contributed by atoms with van der Waals surface area (Å²) < 4.78 is 26.3. The van der Waals surface area contributed by atoms with Gasteiger partial charge in [0.25, 0.3) is 0 Å². The fourth-order valence-corrected chi connectivity index (χ4v) is 1.10. The largest absolute Gasteiger partial charge is 0.480 e. The van der Waals surface area contributed by atoms with Crippen molar-refractivity contribution in [3.63, 3.8) is 0 Å². The molecule has 16 heavy (non-hydrogen) atoms. The zero-order valence-electron chi connectivity index (χ0n) is 7.78. The molecule has 0 fully saturated rings. The Hall–Kier alpha value is -2.02. The Morgan fingerprint density at radius 2 is 1.75 bits per heavy atom. The van der Waals surface area contributed by atoms with Gasteiger partial charge in [0.1, 0.15) is 17.7 Å². The normalized spacial score (nSPS) is 12.2. The lowest BCUT2D eigenvalue weighted by atomic mass is 10.0. The summed E-state index contributed by atoms with van der Waals surface area (Å²) >= 11 is 0. The first kappa shape index (κ1) is 12.1. The first-order valence-electron chi connectivity index (χ1n) is 4.05. The summed E-state index contributed by atoms with van der Waals surface area (Å²) in [6.07, 6.45) is 0. The van der Waals surface area contributed by atoms with Crippen LogP contribution >= 0.6 is 0 Å². The zero-order chi connectivity index (χ0) is 12.5. The monoisotopic (exact) mass is 231 g/mol. The van der Waals surface area contributed by atoms with Gasteiger partial charge in [-0.25, -0.2) is 13.6 Å². The first-order chi connectivity index (χ1) is 7.34. The maximum Gasteiger partial charge on any atom is 0.338 e. The van der Waals surface area contributed by atoms with E-state index in [1.807, 2.05) is 0 Å². The number of nitrogens with two attached hydrogens (primary N) is 1. The molecule has 1 aromatic carbocycles. The quantitative estimate of drug-likeness (QED) is 0.712. The second-order valence-electron chi connectivity index (χ2n) is 2.97. The fraction of sp³-hybridized carbons (Fsp3) is 0.111. The molecular weight excluding hydrogens is 224 g/mol. The maximum absolute atomic E-state index is 13.2. The van der Waals surface area contributed by atoms with Crippen LogP contribution in [-0.4, -0.2) is 22.2 Å². The third-order valence-corrected chi connectivity index (χ3v) is 1.92. The van der Waals surface area contributed by atoms with Gasteiger partial charge in [-0.1, -0.05) is 0 Å². The maximum atomic E-state index is 13.2. The van der Waals surface area contributed by atoms with Crippen LogP contribution in [0.1, 0.15) is 22.0 Å². The van der Waals surface area contributed by atoms with E-state index in [0.29, 0.717) is 12.1 Å². The molecule has 0 aliphatic rings. The second-order valence-corrected chi connectivity index (χ2v) is 2.97. The van der Waals surface area contributed by atoms with E-state index in [1.165, 1.54) is 0 Å². The van der Waals surface area contributed by atoms with Gasteiger partial charge in [0.15, 0.2) is 0 Å². The van der Waals surface area contributed by atoms with E-state index in [0.717, 1.165) is 0 Å². The molecule has 1 unspecified atom stereocenters. The van der Waals surface area contributed by atoms with Gasteiger partial charge >= 0.3 is 11.9 Å². The number of benzene rings is 1. The van der Waals surface area contributed by atoms with Crippen LogP contribution in [0.3, 0.4) is 0 Å². The fourth-order valence-electron chi connectivity index (χ4n) is 1.10. The molecule has 0 aliphatic heterocycles. The van der Waals surface area contributed by atoms with E-state index in [9.17, 15) is 18.4 Å². The Bertz CT molecular complexity index is 461. The van der Waals surface area contributed by atoms with Crippen molar-refractivity contribution < 1.29 is 28.6 Å². The summed E-state index contributed by atoms with van der Waals surface area (Å²) in [5, 5.41) is 17.0. The topological polar surface area (TPSA) is 101 Å². The number of rotatable bonds is 3. The SMILES string of the molecule is NC(C(=O)O)c1cc(F)c(C(=O)O)cc1F. The van der Waals surface area contributed by atoms with Crippen LogP contribution < -0.4 is 5.73 Å². The number of halogens is 2. The molecule has 0 spiro atoms. The van der Waals surface area contributed by atoms with Gasteiger partial charge in [-0.3, -0.25) is 4.79 Å². The molecule has 5 nitrogen and oxygen atoms in total. The Morgan fingerprint density at radius 3 is 2.19 bits per heavy atom. The summed E-state index contributed by atoms with van der Waals surface area (Å²) in [4.78, 5) is 20.9. The van der Waals surface area contributed by atoms with Crippen molar-refractivity contribution in [1.82, 2.24) is 0 Å². The van der Waals surface area contributed by atoms with Crippen molar-refractivity contribution in [2.75, 3.05) is 0 Å². The molecule has 0 saturated carbocycles. The molecule has 7 heteroatoms. The minimum absolute atomic E-state index is 0.399. The summed E-state index contributed by atoms with van der Waals surface area (Å²) in [6.45, 7) is 0. The highest BCUT2D eigenvalue weighted by molar-refractivity contribution is 5.88. The highest BCUT2D eigenvalue weighted by Crippen LogP contribution is 2.20. The lowest BCUT2D eigenvalue weighted by Crippen LogP contribution is -2.22. The molecule has 0 amide bonds. The van der Waals surface area contributed by atoms with Crippen LogP contribution in [0.2, 0.25) is 0 Å². The van der Waals surface area contributed by atoms with Gasteiger partial charge in [-0.05, 0) is 12.1 Å². The zero-order valence-corrected chi connectivity index (χ0v) is 7.78.